The Bertz CT molecular complexity index is 933. The van der Waals surface area contributed by atoms with Crippen molar-refractivity contribution < 1.29 is 17.7 Å². The molecule has 0 unspecified atom stereocenters. The first-order valence-electron chi connectivity index (χ1n) is 8.97. The van der Waals surface area contributed by atoms with Gasteiger partial charge in [0.15, 0.2) is 5.82 Å². The summed E-state index contributed by atoms with van der Waals surface area (Å²) in [5.41, 5.74) is 6.57. The number of hydrogen-bond donors (Lipinski definition) is 1. The van der Waals surface area contributed by atoms with Crippen molar-refractivity contribution in [1.29, 1.82) is 0 Å². The zero-order valence-corrected chi connectivity index (χ0v) is 16.9. The maximum Gasteiger partial charge on any atom is 0.250 e. The molecule has 0 amide bonds. The van der Waals surface area contributed by atoms with Gasteiger partial charge in [0, 0.05) is 19.2 Å². The summed E-state index contributed by atoms with van der Waals surface area (Å²) in [6.07, 6.45) is 6.32. The van der Waals surface area contributed by atoms with Crippen LogP contribution in [0.1, 0.15) is 36.5 Å². The van der Waals surface area contributed by atoms with E-state index in [1.165, 1.54) is 4.31 Å². The number of morpholine rings is 1. The fraction of sp³-hybridized carbons (Fsp3) is 0.444. The van der Waals surface area contributed by atoms with Crippen molar-refractivity contribution in [3.05, 3.63) is 41.5 Å². The molecule has 1 aliphatic heterocycles. The van der Waals surface area contributed by atoms with Crippen LogP contribution >= 0.6 is 12.4 Å². The van der Waals surface area contributed by atoms with Gasteiger partial charge in [-0.15, -0.1) is 12.4 Å². The molecule has 0 atom stereocenters. The largest absolute Gasteiger partial charge is 0.379 e. The Kier molecular flexibility index (Phi) is 6.21. The number of rotatable bonds is 5. The number of nitrogens with zero attached hydrogens (tertiary/aromatic N) is 3. The van der Waals surface area contributed by atoms with Gasteiger partial charge < -0.3 is 15.0 Å². The number of nitrogens with two attached hydrogens (primary N) is 1. The smallest absolute Gasteiger partial charge is 0.250 e. The molecule has 0 radical (unpaired) electrons. The van der Waals surface area contributed by atoms with Gasteiger partial charge in [0.1, 0.15) is 0 Å². The Balaban J connectivity index is 0.00000225. The summed E-state index contributed by atoms with van der Waals surface area (Å²) in [5, 5.41) is 3.96. The lowest BCUT2D eigenvalue weighted by atomic mass is 9.77. The Morgan fingerprint density at radius 2 is 1.79 bits per heavy atom. The normalized spacial score (nSPS) is 19.9. The van der Waals surface area contributed by atoms with Gasteiger partial charge in [-0.2, -0.15) is 9.29 Å². The summed E-state index contributed by atoms with van der Waals surface area (Å²) in [4.78, 5) is 4.61. The fourth-order valence-electron chi connectivity index (χ4n) is 3.14. The van der Waals surface area contributed by atoms with Gasteiger partial charge in [-0.3, -0.25) is 0 Å². The molecular weight excluding hydrogens is 404 g/mol. The van der Waals surface area contributed by atoms with Crippen LogP contribution in [0.5, 0.6) is 0 Å². The molecule has 2 heterocycles. The topological polar surface area (TPSA) is 112 Å². The van der Waals surface area contributed by atoms with E-state index in [4.69, 9.17) is 15.0 Å². The maximum atomic E-state index is 12.6. The summed E-state index contributed by atoms with van der Waals surface area (Å²) >= 11 is 0. The van der Waals surface area contributed by atoms with E-state index >= 15 is 0 Å². The number of halogens is 1. The van der Waals surface area contributed by atoms with Gasteiger partial charge >= 0.3 is 0 Å². The standard InChI is InChI=1S/C18H22N4O4S.ClH/c19-18(8-1-9-18)17-20-16(26-21-17)7-4-14-2-5-15(6-3-14)27(23,24)22-10-12-25-13-11-22;/h2-7H,1,8-13,19H2;1H/b7-4+;. The van der Waals surface area contributed by atoms with Crippen LogP contribution in [0, 0.1) is 0 Å². The number of sulfonamides is 1. The zero-order chi connectivity index (χ0) is 18.9. The van der Waals surface area contributed by atoms with E-state index in [-0.39, 0.29) is 17.3 Å². The highest BCUT2D eigenvalue weighted by Crippen LogP contribution is 2.36. The summed E-state index contributed by atoms with van der Waals surface area (Å²) in [5.74, 6) is 0.923. The molecule has 28 heavy (non-hydrogen) atoms. The summed E-state index contributed by atoms with van der Waals surface area (Å²) in [6, 6.07) is 6.70. The summed E-state index contributed by atoms with van der Waals surface area (Å²) in [7, 11) is -3.48. The van der Waals surface area contributed by atoms with Gasteiger partial charge in [0.2, 0.25) is 10.0 Å². The van der Waals surface area contributed by atoms with Crippen LogP contribution < -0.4 is 5.73 Å². The molecule has 4 rings (SSSR count). The molecular formula is C18H23ClN4O4S. The van der Waals surface area contributed by atoms with Gasteiger partial charge in [-0.05, 0) is 43.0 Å². The van der Waals surface area contributed by atoms with E-state index in [0.717, 1.165) is 24.8 Å². The molecule has 1 saturated heterocycles. The monoisotopic (exact) mass is 426 g/mol. The lowest BCUT2D eigenvalue weighted by Crippen LogP contribution is -2.44. The Morgan fingerprint density at radius 3 is 2.39 bits per heavy atom. The number of benzene rings is 1. The van der Waals surface area contributed by atoms with Gasteiger partial charge in [0.05, 0.1) is 23.6 Å². The molecule has 2 fully saturated rings. The summed E-state index contributed by atoms with van der Waals surface area (Å²) < 4.78 is 37.1. The van der Waals surface area contributed by atoms with E-state index in [2.05, 4.69) is 10.1 Å². The van der Waals surface area contributed by atoms with E-state index in [9.17, 15) is 8.42 Å². The lowest BCUT2D eigenvalue weighted by Gasteiger charge is -2.34. The van der Waals surface area contributed by atoms with Crippen molar-refractivity contribution in [3.63, 3.8) is 0 Å². The third kappa shape index (κ3) is 4.13. The Hall–Kier alpha value is -1.78. The number of hydrogen-bond acceptors (Lipinski definition) is 7. The fourth-order valence-corrected chi connectivity index (χ4v) is 4.55. The Labute approximate surface area is 170 Å². The minimum absolute atomic E-state index is 0. The highest BCUT2D eigenvalue weighted by molar-refractivity contribution is 7.89. The van der Waals surface area contributed by atoms with E-state index in [1.54, 1.807) is 36.4 Å². The first kappa shape index (κ1) is 20.9. The van der Waals surface area contributed by atoms with Crippen molar-refractivity contribution in [2.75, 3.05) is 26.3 Å². The SMILES string of the molecule is Cl.NC1(c2noc(/C=C/c3ccc(S(=O)(=O)N4CCOCC4)cc3)n2)CCC1. The average molecular weight is 427 g/mol. The second-order valence-corrected chi connectivity index (χ2v) is 8.82. The van der Waals surface area contributed by atoms with Crippen LogP contribution in [-0.4, -0.2) is 49.2 Å². The van der Waals surface area contributed by atoms with E-state index in [0.29, 0.717) is 38.0 Å². The number of ether oxygens (including phenoxy) is 1. The van der Waals surface area contributed by atoms with Crippen molar-refractivity contribution in [2.45, 2.75) is 29.7 Å². The van der Waals surface area contributed by atoms with Crippen LogP contribution in [0.25, 0.3) is 12.2 Å². The van der Waals surface area contributed by atoms with Gasteiger partial charge in [-0.1, -0.05) is 17.3 Å². The predicted octanol–water partition coefficient (Wildman–Crippen LogP) is 2.02. The third-order valence-electron chi connectivity index (χ3n) is 5.04. The average Bonchev–Trinajstić information content (AvgIpc) is 3.15. The minimum Gasteiger partial charge on any atom is -0.379 e. The highest BCUT2D eigenvalue weighted by atomic mass is 35.5. The van der Waals surface area contributed by atoms with Gasteiger partial charge in [-0.25, -0.2) is 8.42 Å². The maximum absolute atomic E-state index is 12.6. The molecule has 0 spiro atoms. The van der Waals surface area contributed by atoms with E-state index in [1.807, 2.05) is 0 Å². The molecule has 1 saturated carbocycles. The zero-order valence-electron chi connectivity index (χ0n) is 15.3. The second kappa shape index (κ2) is 8.30. The minimum atomic E-state index is -3.48. The van der Waals surface area contributed by atoms with Crippen molar-refractivity contribution in [1.82, 2.24) is 14.4 Å². The predicted molar refractivity (Wildman–Crippen MR) is 106 cm³/mol. The van der Waals surface area contributed by atoms with Crippen LogP contribution in [0.4, 0.5) is 0 Å². The van der Waals surface area contributed by atoms with Crippen LogP contribution in [0.2, 0.25) is 0 Å². The van der Waals surface area contributed by atoms with Crippen LogP contribution in [-0.2, 0) is 20.3 Å². The first-order valence-corrected chi connectivity index (χ1v) is 10.4. The third-order valence-corrected chi connectivity index (χ3v) is 6.95. The quantitative estimate of drug-likeness (QED) is 0.778. The van der Waals surface area contributed by atoms with Crippen LogP contribution in [0.3, 0.4) is 0 Å². The first-order chi connectivity index (χ1) is 13.0. The molecule has 0 bridgehead atoms. The highest BCUT2D eigenvalue weighted by Gasteiger charge is 2.38. The molecule has 2 aliphatic rings. The molecule has 1 aromatic heterocycles. The van der Waals surface area contributed by atoms with Crippen molar-refractivity contribution in [2.24, 2.45) is 5.73 Å². The summed E-state index contributed by atoms with van der Waals surface area (Å²) in [6.45, 7) is 1.62. The molecule has 1 aliphatic carbocycles. The van der Waals surface area contributed by atoms with Crippen molar-refractivity contribution >= 4 is 34.6 Å². The van der Waals surface area contributed by atoms with Crippen molar-refractivity contribution in [3.8, 4) is 0 Å². The Morgan fingerprint density at radius 1 is 1.11 bits per heavy atom. The lowest BCUT2D eigenvalue weighted by molar-refractivity contribution is 0.0730. The molecule has 10 heteroatoms. The second-order valence-electron chi connectivity index (χ2n) is 6.88. The molecule has 8 nitrogen and oxygen atoms in total. The number of aromatic nitrogens is 2. The molecule has 2 N–H and O–H groups in total. The van der Waals surface area contributed by atoms with E-state index < -0.39 is 15.6 Å². The molecule has 152 valence electrons. The molecule has 1 aromatic carbocycles. The molecule has 2 aromatic rings. The van der Waals surface area contributed by atoms with Crippen LogP contribution in [0.15, 0.2) is 33.7 Å². The van der Waals surface area contributed by atoms with Gasteiger partial charge in [0.25, 0.3) is 5.89 Å².